The fraction of sp³-hybridized carbons (Fsp3) is 0.500. The van der Waals surface area contributed by atoms with Crippen molar-refractivity contribution in [2.24, 2.45) is 0 Å². The fourth-order valence-electron chi connectivity index (χ4n) is 2.02. The van der Waals surface area contributed by atoms with E-state index in [1.54, 1.807) is 4.68 Å². The molecule has 1 aromatic carbocycles. The zero-order valence-electron chi connectivity index (χ0n) is 14.0. The van der Waals surface area contributed by atoms with Crippen molar-refractivity contribution in [3.8, 4) is 0 Å². The topological polar surface area (TPSA) is 81.9 Å². The summed E-state index contributed by atoms with van der Waals surface area (Å²) in [6, 6.07) is 9.96. The second-order valence-electron chi connectivity index (χ2n) is 5.21. The third-order valence-corrected chi connectivity index (χ3v) is 4.37. The Morgan fingerprint density at radius 3 is 2.92 bits per heavy atom. The second kappa shape index (κ2) is 10.0. The Bertz CT molecular complexity index is 620. The monoisotopic (exact) mass is 349 g/mol. The van der Waals surface area contributed by atoms with Crippen LogP contribution in [0.5, 0.6) is 0 Å². The summed E-state index contributed by atoms with van der Waals surface area (Å²) in [6.45, 7) is 6.36. The first-order valence-corrected chi connectivity index (χ1v) is 8.91. The number of thioether (sulfide) groups is 1. The number of amides is 1. The number of ether oxygens (including phenoxy) is 1. The van der Waals surface area contributed by atoms with Crippen molar-refractivity contribution < 1.29 is 9.53 Å². The molecule has 0 bridgehead atoms. The van der Waals surface area contributed by atoms with Gasteiger partial charge in [-0.05, 0) is 36.3 Å². The van der Waals surface area contributed by atoms with Crippen LogP contribution in [-0.2, 0) is 16.1 Å². The maximum absolute atomic E-state index is 12.1. The van der Waals surface area contributed by atoms with E-state index in [0.29, 0.717) is 31.5 Å². The molecule has 0 aliphatic carbocycles. The molecule has 2 rings (SSSR count). The molecule has 0 fully saturated rings. The van der Waals surface area contributed by atoms with Gasteiger partial charge in [-0.1, -0.05) is 42.1 Å². The van der Waals surface area contributed by atoms with Crippen molar-refractivity contribution in [3.63, 3.8) is 0 Å². The van der Waals surface area contributed by atoms with Gasteiger partial charge in [0.1, 0.15) is 0 Å². The average Bonchev–Trinajstić information content (AvgIpc) is 3.02. The SMILES string of the molecule is CCOCCCNC(=O)C(C)Sc1nnnn1Cc1ccccc1. The van der Waals surface area contributed by atoms with Gasteiger partial charge in [-0.2, -0.15) is 0 Å². The van der Waals surface area contributed by atoms with E-state index in [0.717, 1.165) is 12.0 Å². The highest BCUT2D eigenvalue weighted by Crippen LogP contribution is 2.20. The van der Waals surface area contributed by atoms with Crippen molar-refractivity contribution in [3.05, 3.63) is 35.9 Å². The van der Waals surface area contributed by atoms with E-state index in [-0.39, 0.29) is 11.2 Å². The van der Waals surface area contributed by atoms with Crippen LogP contribution in [-0.4, -0.2) is 51.1 Å². The van der Waals surface area contributed by atoms with Crippen LogP contribution in [0.1, 0.15) is 25.8 Å². The predicted molar refractivity (Wildman–Crippen MR) is 92.8 cm³/mol. The first-order valence-electron chi connectivity index (χ1n) is 8.03. The quantitative estimate of drug-likeness (QED) is 0.520. The van der Waals surface area contributed by atoms with Gasteiger partial charge >= 0.3 is 0 Å². The summed E-state index contributed by atoms with van der Waals surface area (Å²) in [6.07, 6.45) is 0.808. The van der Waals surface area contributed by atoms with Gasteiger partial charge in [0.05, 0.1) is 11.8 Å². The van der Waals surface area contributed by atoms with Gasteiger partial charge in [-0.3, -0.25) is 4.79 Å². The van der Waals surface area contributed by atoms with Gasteiger partial charge in [0.15, 0.2) is 0 Å². The molecule has 130 valence electrons. The number of aromatic nitrogens is 4. The summed E-state index contributed by atoms with van der Waals surface area (Å²) < 4.78 is 6.95. The fourth-order valence-corrected chi connectivity index (χ4v) is 2.83. The molecule has 0 radical (unpaired) electrons. The van der Waals surface area contributed by atoms with Crippen molar-refractivity contribution in [1.29, 1.82) is 0 Å². The van der Waals surface area contributed by atoms with E-state index in [4.69, 9.17) is 4.74 Å². The Morgan fingerprint density at radius 1 is 1.38 bits per heavy atom. The summed E-state index contributed by atoms with van der Waals surface area (Å²) in [5.74, 6) is -0.0224. The van der Waals surface area contributed by atoms with Gasteiger partial charge in [0.2, 0.25) is 11.1 Å². The van der Waals surface area contributed by atoms with Gasteiger partial charge < -0.3 is 10.1 Å². The molecular formula is C16H23N5O2S. The van der Waals surface area contributed by atoms with Crippen LogP contribution >= 0.6 is 11.8 Å². The molecule has 24 heavy (non-hydrogen) atoms. The van der Waals surface area contributed by atoms with E-state index >= 15 is 0 Å². The smallest absolute Gasteiger partial charge is 0.233 e. The van der Waals surface area contributed by atoms with E-state index in [9.17, 15) is 4.79 Å². The van der Waals surface area contributed by atoms with Crippen LogP contribution < -0.4 is 5.32 Å². The van der Waals surface area contributed by atoms with Crippen LogP contribution in [0.15, 0.2) is 35.5 Å². The maximum atomic E-state index is 12.1. The van der Waals surface area contributed by atoms with Crippen LogP contribution in [0.3, 0.4) is 0 Å². The molecule has 1 atom stereocenters. The summed E-state index contributed by atoms with van der Waals surface area (Å²) in [4.78, 5) is 12.1. The molecule has 0 spiro atoms. The summed E-state index contributed by atoms with van der Waals surface area (Å²) in [5, 5.41) is 15.0. The Kier molecular flexibility index (Phi) is 7.70. The largest absolute Gasteiger partial charge is 0.382 e. The molecule has 0 aliphatic heterocycles. The maximum Gasteiger partial charge on any atom is 0.233 e. The number of carbonyl (C=O) groups is 1. The molecule has 1 heterocycles. The lowest BCUT2D eigenvalue weighted by molar-refractivity contribution is -0.120. The molecule has 7 nitrogen and oxygen atoms in total. The number of hydrogen-bond acceptors (Lipinski definition) is 6. The summed E-state index contributed by atoms with van der Waals surface area (Å²) >= 11 is 1.36. The van der Waals surface area contributed by atoms with Gasteiger partial charge in [-0.15, -0.1) is 5.10 Å². The number of carbonyl (C=O) groups excluding carboxylic acids is 1. The zero-order chi connectivity index (χ0) is 17.2. The minimum Gasteiger partial charge on any atom is -0.382 e. The van der Waals surface area contributed by atoms with Gasteiger partial charge in [0.25, 0.3) is 0 Å². The standard InChI is InChI=1S/C16H23N5O2S/c1-3-23-11-7-10-17-15(22)13(2)24-16-18-19-20-21(16)12-14-8-5-4-6-9-14/h4-6,8-9,13H,3,7,10-12H2,1-2H3,(H,17,22). The lowest BCUT2D eigenvalue weighted by Crippen LogP contribution is -2.32. The number of hydrogen-bond donors (Lipinski definition) is 1. The van der Waals surface area contributed by atoms with E-state index < -0.39 is 0 Å². The molecule has 1 amide bonds. The Balaban J connectivity index is 1.82. The van der Waals surface area contributed by atoms with E-state index in [1.807, 2.05) is 44.2 Å². The summed E-state index contributed by atoms with van der Waals surface area (Å²) in [7, 11) is 0. The molecule has 1 unspecified atom stereocenters. The Morgan fingerprint density at radius 2 is 2.17 bits per heavy atom. The number of rotatable bonds is 10. The lowest BCUT2D eigenvalue weighted by atomic mass is 10.2. The molecule has 0 saturated heterocycles. The van der Waals surface area contributed by atoms with Crippen LogP contribution in [0, 0.1) is 0 Å². The third-order valence-electron chi connectivity index (χ3n) is 3.29. The van der Waals surface area contributed by atoms with E-state index in [2.05, 4.69) is 20.8 Å². The molecule has 1 N–H and O–H groups in total. The highest BCUT2D eigenvalue weighted by molar-refractivity contribution is 8.00. The number of tetrazole rings is 1. The average molecular weight is 349 g/mol. The van der Waals surface area contributed by atoms with Gasteiger partial charge in [-0.25, -0.2) is 4.68 Å². The number of nitrogens with zero attached hydrogens (tertiary/aromatic N) is 4. The zero-order valence-corrected chi connectivity index (χ0v) is 14.8. The Hall–Kier alpha value is -1.93. The highest BCUT2D eigenvalue weighted by Gasteiger charge is 2.18. The van der Waals surface area contributed by atoms with Crippen LogP contribution in [0.2, 0.25) is 0 Å². The number of nitrogens with one attached hydrogen (secondary N) is 1. The minimum absolute atomic E-state index is 0.0224. The molecule has 0 aliphatic rings. The minimum atomic E-state index is -0.266. The van der Waals surface area contributed by atoms with Gasteiger partial charge in [0, 0.05) is 19.8 Å². The first kappa shape index (κ1) is 18.4. The lowest BCUT2D eigenvalue weighted by Gasteiger charge is -2.11. The van der Waals surface area contributed by atoms with Crippen molar-refractivity contribution in [1.82, 2.24) is 25.5 Å². The van der Waals surface area contributed by atoms with Crippen LogP contribution in [0.25, 0.3) is 0 Å². The third kappa shape index (κ3) is 5.93. The normalized spacial score (nSPS) is 12.1. The molecule has 2 aromatic rings. The second-order valence-corrected chi connectivity index (χ2v) is 6.51. The predicted octanol–water partition coefficient (Wildman–Crippen LogP) is 1.74. The molecular weight excluding hydrogens is 326 g/mol. The van der Waals surface area contributed by atoms with E-state index in [1.165, 1.54) is 11.8 Å². The Labute approximate surface area is 146 Å². The number of benzene rings is 1. The van der Waals surface area contributed by atoms with Crippen molar-refractivity contribution in [2.75, 3.05) is 19.8 Å². The van der Waals surface area contributed by atoms with Crippen molar-refractivity contribution in [2.45, 2.75) is 37.2 Å². The van der Waals surface area contributed by atoms with Crippen LogP contribution in [0.4, 0.5) is 0 Å². The molecule has 1 aromatic heterocycles. The molecule has 8 heteroatoms. The molecule has 0 saturated carbocycles. The highest BCUT2D eigenvalue weighted by atomic mass is 32.2. The first-order chi connectivity index (χ1) is 11.7. The van der Waals surface area contributed by atoms with Crippen molar-refractivity contribution >= 4 is 17.7 Å². The summed E-state index contributed by atoms with van der Waals surface area (Å²) in [5.41, 5.74) is 1.11.